The maximum atomic E-state index is 12.8. The summed E-state index contributed by atoms with van der Waals surface area (Å²) in [6.07, 6.45) is -3.00. The summed E-state index contributed by atoms with van der Waals surface area (Å²) >= 11 is 0. The Bertz CT molecular complexity index is 678. The molecule has 0 atom stereocenters. The molecule has 2 aromatic rings. The summed E-state index contributed by atoms with van der Waals surface area (Å²) in [6.45, 7) is 0.359. The highest BCUT2D eigenvalue weighted by Crippen LogP contribution is 2.47. The Kier molecular flexibility index (Phi) is 2.94. The highest BCUT2D eigenvalue weighted by molar-refractivity contribution is 5.59. The number of phenolic OH excluding ortho intramolecular Hbond substituents is 1. The van der Waals surface area contributed by atoms with Gasteiger partial charge in [-0.15, -0.1) is 0 Å². The van der Waals surface area contributed by atoms with Gasteiger partial charge in [0.25, 0.3) is 0 Å². The highest BCUT2D eigenvalue weighted by Gasteiger charge is 2.48. The van der Waals surface area contributed by atoms with Crippen molar-refractivity contribution in [2.45, 2.75) is 24.4 Å². The van der Waals surface area contributed by atoms with E-state index in [-0.39, 0.29) is 16.8 Å². The van der Waals surface area contributed by atoms with Crippen molar-refractivity contribution in [3.63, 3.8) is 0 Å². The van der Waals surface area contributed by atoms with Gasteiger partial charge in [-0.1, -0.05) is 5.16 Å². The van der Waals surface area contributed by atoms with Crippen molar-refractivity contribution in [1.29, 1.82) is 0 Å². The summed E-state index contributed by atoms with van der Waals surface area (Å²) in [5.74, 6) is -0.438. The first-order valence-electron chi connectivity index (χ1n) is 6.31. The van der Waals surface area contributed by atoms with Crippen LogP contribution in [0.4, 0.5) is 13.2 Å². The van der Waals surface area contributed by atoms with Crippen LogP contribution in [0.25, 0.3) is 11.4 Å². The molecule has 3 rings (SSSR count). The smallest absolute Gasteiger partial charge is 0.419 e. The van der Waals surface area contributed by atoms with E-state index in [1.54, 1.807) is 0 Å². The molecule has 1 aliphatic carbocycles. The molecule has 0 unspecified atom stereocenters. The Hall–Kier alpha value is -2.09. The molecule has 0 aliphatic heterocycles. The predicted molar refractivity (Wildman–Crippen MR) is 66.4 cm³/mol. The fourth-order valence-corrected chi connectivity index (χ4v) is 2.11. The van der Waals surface area contributed by atoms with Crippen LogP contribution in [-0.4, -0.2) is 21.8 Å². The van der Waals surface area contributed by atoms with Crippen LogP contribution in [0.15, 0.2) is 22.7 Å². The first-order chi connectivity index (χ1) is 9.86. The van der Waals surface area contributed by atoms with E-state index in [4.69, 9.17) is 10.3 Å². The number of benzene rings is 1. The van der Waals surface area contributed by atoms with Gasteiger partial charge in [-0.25, -0.2) is 0 Å². The van der Waals surface area contributed by atoms with Crippen LogP contribution in [0.1, 0.15) is 24.3 Å². The predicted octanol–water partition coefficient (Wildman–Crippen LogP) is 2.45. The number of halogens is 3. The average molecular weight is 299 g/mol. The van der Waals surface area contributed by atoms with Gasteiger partial charge in [0.05, 0.1) is 11.0 Å². The fraction of sp³-hybridized carbons (Fsp3) is 0.385. The molecule has 1 aliphatic rings. The molecular weight excluding hydrogens is 287 g/mol. The van der Waals surface area contributed by atoms with E-state index in [0.717, 1.165) is 25.0 Å². The molecule has 1 aromatic carbocycles. The molecule has 0 saturated heterocycles. The summed E-state index contributed by atoms with van der Waals surface area (Å²) in [4.78, 5) is 4.13. The molecule has 5 nitrogen and oxygen atoms in total. The second-order valence-corrected chi connectivity index (χ2v) is 5.14. The molecule has 1 saturated carbocycles. The average Bonchev–Trinajstić information content (AvgIpc) is 3.08. The molecule has 1 heterocycles. The monoisotopic (exact) mass is 299 g/mol. The lowest BCUT2D eigenvalue weighted by atomic mass is 10.1. The van der Waals surface area contributed by atoms with E-state index < -0.39 is 17.5 Å². The van der Waals surface area contributed by atoms with Crippen LogP contribution in [0, 0.1) is 0 Å². The molecule has 0 spiro atoms. The highest BCUT2D eigenvalue weighted by atomic mass is 19.4. The molecule has 1 aromatic heterocycles. The molecule has 8 heteroatoms. The summed E-state index contributed by atoms with van der Waals surface area (Å²) < 4.78 is 43.4. The molecular formula is C13H12F3N3O2. The van der Waals surface area contributed by atoms with Crippen molar-refractivity contribution in [2.75, 3.05) is 6.54 Å². The molecule has 0 radical (unpaired) electrons. The number of rotatable bonds is 3. The molecule has 112 valence electrons. The van der Waals surface area contributed by atoms with E-state index in [9.17, 15) is 18.3 Å². The summed E-state index contributed by atoms with van der Waals surface area (Å²) in [5, 5.41) is 13.0. The van der Waals surface area contributed by atoms with Gasteiger partial charge in [0.15, 0.2) is 0 Å². The summed E-state index contributed by atoms with van der Waals surface area (Å²) in [5.41, 5.74) is 4.31. The van der Waals surface area contributed by atoms with Crippen LogP contribution in [0.2, 0.25) is 0 Å². The van der Waals surface area contributed by atoms with Gasteiger partial charge in [-0.3, -0.25) is 0 Å². The lowest BCUT2D eigenvalue weighted by molar-refractivity contribution is -0.138. The maximum Gasteiger partial charge on any atom is 0.419 e. The first-order valence-corrected chi connectivity index (χ1v) is 6.31. The second kappa shape index (κ2) is 4.45. The van der Waals surface area contributed by atoms with Gasteiger partial charge >= 0.3 is 6.18 Å². The Morgan fingerprint density at radius 2 is 2.05 bits per heavy atom. The van der Waals surface area contributed by atoms with E-state index in [2.05, 4.69) is 10.1 Å². The number of aromatic nitrogens is 2. The Balaban J connectivity index is 1.98. The zero-order chi connectivity index (χ0) is 15.3. The number of hydrogen-bond donors (Lipinski definition) is 2. The molecule has 0 amide bonds. The van der Waals surface area contributed by atoms with Gasteiger partial charge in [-0.05, 0) is 31.0 Å². The van der Waals surface area contributed by atoms with Crippen molar-refractivity contribution >= 4 is 0 Å². The van der Waals surface area contributed by atoms with E-state index >= 15 is 0 Å². The number of phenols is 1. The number of nitrogens with zero attached hydrogens (tertiary/aromatic N) is 2. The van der Waals surface area contributed by atoms with E-state index in [1.165, 1.54) is 6.07 Å². The lowest BCUT2D eigenvalue weighted by Gasteiger charge is -2.09. The minimum atomic E-state index is -4.65. The van der Waals surface area contributed by atoms with Crippen molar-refractivity contribution in [1.82, 2.24) is 10.1 Å². The first kappa shape index (κ1) is 13.9. The third-order valence-corrected chi connectivity index (χ3v) is 3.68. The Morgan fingerprint density at radius 1 is 1.33 bits per heavy atom. The van der Waals surface area contributed by atoms with E-state index in [1.807, 2.05) is 0 Å². The van der Waals surface area contributed by atoms with Gasteiger partial charge < -0.3 is 15.4 Å². The molecule has 1 fully saturated rings. The van der Waals surface area contributed by atoms with Crippen molar-refractivity contribution < 1.29 is 22.8 Å². The van der Waals surface area contributed by atoms with E-state index in [0.29, 0.717) is 12.4 Å². The fourth-order valence-electron chi connectivity index (χ4n) is 2.11. The van der Waals surface area contributed by atoms with Gasteiger partial charge in [0.1, 0.15) is 5.75 Å². The van der Waals surface area contributed by atoms with Crippen molar-refractivity contribution in [2.24, 2.45) is 5.73 Å². The number of hydrogen-bond acceptors (Lipinski definition) is 5. The van der Waals surface area contributed by atoms with Crippen LogP contribution < -0.4 is 5.73 Å². The zero-order valence-corrected chi connectivity index (χ0v) is 10.8. The Labute approximate surface area is 117 Å². The largest absolute Gasteiger partial charge is 0.507 e. The minimum absolute atomic E-state index is 0.0511. The maximum absolute atomic E-state index is 12.8. The zero-order valence-electron chi connectivity index (χ0n) is 10.8. The second-order valence-electron chi connectivity index (χ2n) is 5.14. The number of aromatic hydroxyl groups is 1. The van der Waals surface area contributed by atoms with Gasteiger partial charge in [0, 0.05) is 12.1 Å². The minimum Gasteiger partial charge on any atom is -0.507 e. The molecule has 0 bridgehead atoms. The Morgan fingerprint density at radius 3 is 2.62 bits per heavy atom. The topological polar surface area (TPSA) is 85.2 Å². The molecule has 21 heavy (non-hydrogen) atoms. The van der Waals surface area contributed by atoms with Gasteiger partial charge in [-0.2, -0.15) is 18.2 Å². The van der Waals surface area contributed by atoms with Crippen LogP contribution in [-0.2, 0) is 11.6 Å². The quantitative estimate of drug-likeness (QED) is 0.909. The third kappa shape index (κ3) is 2.35. The van der Waals surface area contributed by atoms with Crippen molar-refractivity contribution in [3.05, 3.63) is 29.7 Å². The van der Waals surface area contributed by atoms with Crippen LogP contribution >= 0.6 is 0 Å². The van der Waals surface area contributed by atoms with Crippen LogP contribution in [0.5, 0.6) is 5.75 Å². The molecule has 3 N–H and O–H groups in total. The summed E-state index contributed by atoms with van der Waals surface area (Å²) in [7, 11) is 0. The van der Waals surface area contributed by atoms with Crippen molar-refractivity contribution in [3.8, 4) is 17.1 Å². The van der Waals surface area contributed by atoms with Crippen LogP contribution in [0.3, 0.4) is 0 Å². The third-order valence-electron chi connectivity index (χ3n) is 3.68. The lowest BCUT2D eigenvalue weighted by Crippen LogP contribution is -2.19. The number of alkyl halides is 3. The number of nitrogens with two attached hydrogens (primary N) is 1. The standard InChI is InChI=1S/C13H12F3N3O2/c14-13(15,16)8-5-7(1-2-9(8)20)10-18-11(21-19-10)12(6-17)3-4-12/h1-2,5,20H,3-4,6,17H2. The van der Waals surface area contributed by atoms with Gasteiger partial charge in [0.2, 0.25) is 11.7 Å². The normalized spacial score (nSPS) is 17.0. The SMILES string of the molecule is NCC1(c2nc(-c3ccc(O)c(C(F)(F)F)c3)no2)CC1. The summed E-state index contributed by atoms with van der Waals surface area (Å²) in [6, 6.07) is 3.07.